The number of ether oxygens (including phenoxy) is 1. The quantitative estimate of drug-likeness (QED) is 0.366. The van der Waals surface area contributed by atoms with Crippen molar-refractivity contribution in [3.05, 3.63) is 81.4 Å². The van der Waals surface area contributed by atoms with Crippen LogP contribution in [0.25, 0.3) is 10.9 Å². The number of methoxy groups -OCH3 is 1. The maximum atomic E-state index is 13.1. The molecule has 2 aromatic carbocycles. The van der Waals surface area contributed by atoms with Gasteiger partial charge in [-0.2, -0.15) is 0 Å². The maximum Gasteiger partial charge on any atom is 0.252 e. The van der Waals surface area contributed by atoms with Crippen LogP contribution in [0.2, 0.25) is 0 Å². The van der Waals surface area contributed by atoms with E-state index in [4.69, 9.17) is 4.74 Å². The van der Waals surface area contributed by atoms with Gasteiger partial charge in [-0.15, -0.1) is 5.10 Å². The molecular weight excluding hydrogens is 452 g/mol. The zero-order valence-corrected chi connectivity index (χ0v) is 21.3. The first-order chi connectivity index (χ1) is 17.6. The second kappa shape index (κ2) is 10.6. The standard InChI is InChI=1S/C28H34N6O2/c1-4-26(27-30-31-32-34(27)17-20-10-13-24(36-3)14-11-20)33(23-7-5-6-8-23)18-22-16-21-12-9-19(2)15-25(21)29-28(22)35/h9-16,23,26H,4-8,17-18H2,1-3H3,(H,29,35)/t26-/m1/s1. The lowest BCUT2D eigenvalue weighted by Gasteiger charge is -2.35. The van der Waals surface area contributed by atoms with Crippen LogP contribution in [-0.4, -0.2) is 43.2 Å². The van der Waals surface area contributed by atoms with Crippen LogP contribution in [-0.2, 0) is 13.1 Å². The normalized spacial score (nSPS) is 15.1. The summed E-state index contributed by atoms with van der Waals surface area (Å²) in [5, 5.41) is 13.9. The molecule has 188 valence electrons. The summed E-state index contributed by atoms with van der Waals surface area (Å²) in [6, 6.07) is 16.6. The van der Waals surface area contributed by atoms with E-state index >= 15 is 0 Å². The van der Waals surface area contributed by atoms with E-state index in [9.17, 15) is 4.79 Å². The zero-order chi connectivity index (χ0) is 25.1. The molecule has 1 saturated carbocycles. The third kappa shape index (κ3) is 5.04. The predicted octanol–water partition coefficient (Wildman–Crippen LogP) is 4.78. The number of hydrogen-bond donors (Lipinski definition) is 1. The minimum atomic E-state index is -0.0243. The van der Waals surface area contributed by atoms with Crippen molar-refractivity contribution in [2.45, 2.75) is 71.1 Å². The predicted molar refractivity (Wildman–Crippen MR) is 140 cm³/mol. The molecule has 1 fully saturated rings. The highest BCUT2D eigenvalue weighted by molar-refractivity contribution is 5.79. The first-order valence-corrected chi connectivity index (χ1v) is 12.8. The van der Waals surface area contributed by atoms with Crippen molar-refractivity contribution in [3.63, 3.8) is 0 Å². The van der Waals surface area contributed by atoms with Crippen LogP contribution in [0.15, 0.2) is 53.3 Å². The van der Waals surface area contributed by atoms with Gasteiger partial charge >= 0.3 is 0 Å². The molecule has 1 N–H and O–H groups in total. The summed E-state index contributed by atoms with van der Waals surface area (Å²) < 4.78 is 7.18. The number of aromatic nitrogens is 5. The summed E-state index contributed by atoms with van der Waals surface area (Å²) in [7, 11) is 1.67. The number of pyridine rings is 1. The van der Waals surface area contributed by atoms with Crippen molar-refractivity contribution in [2.24, 2.45) is 0 Å². The molecule has 0 saturated heterocycles. The van der Waals surface area contributed by atoms with Gasteiger partial charge in [-0.25, -0.2) is 4.68 Å². The number of aryl methyl sites for hydroxylation is 1. The van der Waals surface area contributed by atoms with Gasteiger partial charge in [0.15, 0.2) is 5.82 Å². The highest BCUT2D eigenvalue weighted by Gasteiger charge is 2.32. The van der Waals surface area contributed by atoms with Crippen LogP contribution in [0.5, 0.6) is 5.75 Å². The Bertz CT molecular complexity index is 1370. The van der Waals surface area contributed by atoms with E-state index in [0.29, 0.717) is 19.1 Å². The minimum absolute atomic E-state index is 0.00876. The summed E-state index contributed by atoms with van der Waals surface area (Å²) in [6.45, 7) is 5.36. The van der Waals surface area contributed by atoms with Crippen LogP contribution in [0, 0.1) is 6.92 Å². The fraction of sp³-hybridized carbons (Fsp3) is 0.429. The lowest BCUT2D eigenvalue weighted by atomic mass is 10.0. The Labute approximate surface area is 211 Å². The average molecular weight is 487 g/mol. The SMILES string of the molecule is CC[C@H](c1nnnn1Cc1ccc(OC)cc1)N(Cc1cc2ccc(C)cc2[nH]c1=O)C1CCCC1. The van der Waals surface area contributed by atoms with Crippen molar-refractivity contribution < 1.29 is 4.74 Å². The fourth-order valence-electron chi connectivity index (χ4n) is 5.44. The zero-order valence-electron chi connectivity index (χ0n) is 21.3. The number of fused-ring (bicyclic) bond motifs is 1. The van der Waals surface area contributed by atoms with Crippen LogP contribution in [0.4, 0.5) is 0 Å². The second-order valence-corrected chi connectivity index (χ2v) is 9.79. The van der Waals surface area contributed by atoms with E-state index in [1.807, 2.05) is 48.0 Å². The van der Waals surface area contributed by atoms with E-state index < -0.39 is 0 Å². The molecule has 2 heterocycles. The van der Waals surface area contributed by atoms with E-state index in [1.54, 1.807) is 7.11 Å². The summed E-state index contributed by atoms with van der Waals surface area (Å²) in [5.74, 6) is 1.67. The fourth-order valence-corrected chi connectivity index (χ4v) is 5.44. The van der Waals surface area contributed by atoms with E-state index in [1.165, 1.54) is 12.8 Å². The number of H-pyrrole nitrogens is 1. The minimum Gasteiger partial charge on any atom is -0.497 e. The Morgan fingerprint density at radius 2 is 1.92 bits per heavy atom. The largest absolute Gasteiger partial charge is 0.497 e. The lowest BCUT2D eigenvalue weighted by molar-refractivity contribution is 0.112. The Kier molecular flexibility index (Phi) is 7.13. The van der Waals surface area contributed by atoms with Gasteiger partial charge in [0.25, 0.3) is 5.56 Å². The molecule has 0 radical (unpaired) electrons. The summed E-state index contributed by atoms with van der Waals surface area (Å²) in [5.41, 5.74) is 3.88. The van der Waals surface area contributed by atoms with Gasteiger partial charge in [-0.05, 0) is 77.4 Å². The average Bonchev–Trinajstić information content (AvgIpc) is 3.58. The molecule has 0 bridgehead atoms. The highest BCUT2D eigenvalue weighted by Crippen LogP contribution is 2.33. The molecule has 1 aliphatic rings. The van der Waals surface area contributed by atoms with Crippen molar-refractivity contribution >= 4 is 10.9 Å². The van der Waals surface area contributed by atoms with Crippen molar-refractivity contribution in [3.8, 4) is 5.75 Å². The number of benzene rings is 2. The first-order valence-electron chi connectivity index (χ1n) is 12.8. The van der Waals surface area contributed by atoms with Crippen molar-refractivity contribution in [1.82, 2.24) is 30.1 Å². The Hall–Kier alpha value is -3.52. The van der Waals surface area contributed by atoms with E-state index in [-0.39, 0.29) is 11.6 Å². The molecule has 8 nitrogen and oxygen atoms in total. The summed E-state index contributed by atoms with van der Waals surface area (Å²) >= 11 is 0. The summed E-state index contributed by atoms with van der Waals surface area (Å²) in [6.07, 6.45) is 5.52. The molecule has 4 aromatic rings. The number of hydrogen-bond acceptors (Lipinski definition) is 6. The molecule has 0 unspecified atom stereocenters. The van der Waals surface area contributed by atoms with Crippen LogP contribution >= 0.6 is 0 Å². The number of rotatable bonds is 9. The second-order valence-electron chi connectivity index (χ2n) is 9.79. The van der Waals surface area contributed by atoms with Crippen molar-refractivity contribution in [2.75, 3.05) is 7.11 Å². The third-order valence-corrected chi connectivity index (χ3v) is 7.36. The molecule has 5 rings (SSSR count). The van der Waals surface area contributed by atoms with Crippen molar-refractivity contribution in [1.29, 1.82) is 0 Å². The number of nitrogens with one attached hydrogen (secondary N) is 1. The Morgan fingerprint density at radius 3 is 2.64 bits per heavy atom. The molecule has 0 aliphatic heterocycles. The molecule has 8 heteroatoms. The number of nitrogens with zero attached hydrogens (tertiary/aromatic N) is 5. The third-order valence-electron chi connectivity index (χ3n) is 7.36. The topological polar surface area (TPSA) is 88.9 Å². The van der Waals surface area contributed by atoms with Gasteiger partial charge in [0.05, 0.1) is 19.7 Å². The van der Waals surface area contributed by atoms with Crippen LogP contribution < -0.4 is 10.3 Å². The number of tetrazole rings is 1. The van der Waals surface area contributed by atoms with Crippen LogP contribution in [0.3, 0.4) is 0 Å². The maximum absolute atomic E-state index is 13.1. The molecule has 0 spiro atoms. The Morgan fingerprint density at radius 1 is 1.14 bits per heavy atom. The monoisotopic (exact) mass is 486 g/mol. The van der Waals surface area contributed by atoms with Gasteiger partial charge < -0.3 is 9.72 Å². The number of aromatic amines is 1. The van der Waals surface area contributed by atoms with Gasteiger partial charge in [0.2, 0.25) is 0 Å². The molecule has 1 atom stereocenters. The van der Waals surface area contributed by atoms with Gasteiger partial charge in [-0.1, -0.05) is 44.0 Å². The molecule has 1 aliphatic carbocycles. The molecule has 2 aromatic heterocycles. The smallest absolute Gasteiger partial charge is 0.252 e. The van der Waals surface area contributed by atoms with Crippen LogP contribution in [0.1, 0.15) is 67.6 Å². The Balaban J connectivity index is 1.47. The van der Waals surface area contributed by atoms with Gasteiger partial charge in [0.1, 0.15) is 5.75 Å². The van der Waals surface area contributed by atoms with Gasteiger partial charge in [-0.3, -0.25) is 9.69 Å². The molecule has 0 amide bonds. The van der Waals surface area contributed by atoms with E-state index in [2.05, 4.69) is 44.5 Å². The van der Waals surface area contributed by atoms with Gasteiger partial charge in [0, 0.05) is 23.7 Å². The first kappa shape index (κ1) is 24.2. The molecular formula is C28H34N6O2. The van der Waals surface area contributed by atoms with E-state index in [0.717, 1.165) is 58.4 Å². The highest BCUT2D eigenvalue weighted by atomic mass is 16.5. The summed E-state index contributed by atoms with van der Waals surface area (Å²) in [4.78, 5) is 18.7. The lowest BCUT2D eigenvalue weighted by Crippen LogP contribution is -2.39. The molecule has 36 heavy (non-hydrogen) atoms.